The monoisotopic (exact) mass is 402 g/mol. The molecule has 0 unspecified atom stereocenters. The third-order valence-electron chi connectivity index (χ3n) is 4.48. The summed E-state index contributed by atoms with van der Waals surface area (Å²) in [4.78, 5) is 16.8. The Balaban J connectivity index is 1.80. The van der Waals surface area contributed by atoms with Crippen molar-refractivity contribution in [2.24, 2.45) is 0 Å². The van der Waals surface area contributed by atoms with Crippen molar-refractivity contribution >= 4 is 17.7 Å². The number of hydrogen-bond acceptors (Lipinski definition) is 4. The van der Waals surface area contributed by atoms with Crippen molar-refractivity contribution in [2.75, 3.05) is 12.4 Å². The normalized spacial score (nSPS) is 11.3. The van der Waals surface area contributed by atoms with Gasteiger partial charge in [-0.15, -0.1) is 0 Å². The zero-order chi connectivity index (χ0) is 21.6. The zero-order valence-corrected chi connectivity index (χ0v) is 17.7. The van der Waals surface area contributed by atoms with E-state index in [2.05, 4.69) is 31.1 Å². The van der Waals surface area contributed by atoms with Gasteiger partial charge < -0.3 is 14.8 Å². The van der Waals surface area contributed by atoms with Crippen LogP contribution in [0.25, 0.3) is 6.08 Å². The first-order valence-corrected chi connectivity index (χ1v) is 9.73. The lowest BCUT2D eigenvalue weighted by atomic mass is 9.86. The number of hydrogen-bond donors (Lipinski definition) is 1. The van der Waals surface area contributed by atoms with E-state index >= 15 is 0 Å². The van der Waals surface area contributed by atoms with Gasteiger partial charge in [0, 0.05) is 23.4 Å². The predicted octanol–water partition coefficient (Wildman–Crippen LogP) is 5.83. The van der Waals surface area contributed by atoms with Crippen LogP contribution in [0.15, 0.2) is 72.9 Å². The summed E-state index contributed by atoms with van der Waals surface area (Å²) < 4.78 is 11.4. The number of nitrogens with one attached hydrogen (secondary N) is 1. The first kappa shape index (κ1) is 21.1. The minimum atomic E-state index is -0.289. The van der Waals surface area contributed by atoms with Crippen LogP contribution in [-0.2, 0) is 10.2 Å². The molecule has 1 amide bonds. The number of para-hydroxylation sites is 2. The number of methoxy groups -OCH3 is 1. The summed E-state index contributed by atoms with van der Waals surface area (Å²) in [5, 5.41) is 2.84. The molecule has 0 aliphatic rings. The molecule has 0 bridgehead atoms. The van der Waals surface area contributed by atoms with Gasteiger partial charge in [-0.05, 0) is 35.8 Å². The molecule has 0 spiro atoms. The summed E-state index contributed by atoms with van der Waals surface area (Å²) in [5.41, 5.74) is 2.28. The number of ether oxygens (including phenoxy) is 2. The van der Waals surface area contributed by atoms with Crippen molar-refractivity contribution in [1.82, 2.24) is 4.98 Å². The maximum absolute atomic E-state index is 12.5. The van der Waals surface area contributed by atoms with Crippen molar-refractivity contribution < 1.29 is 14.3 Å². The third-order valence-corrected chi connectivity index (χ3v) is 4.48. The average molecular weight is 402 g/mol. The second kappa shape index (κ2) is 9.27. The van der Waals surface area contributed by atoms with Crippen LogP contribution in [0.1, 0.15) is 31.9 Å². The Hall–Kier alpha value is -3.60. The molecule has 0 fully saturated rings. The summed E-state index contributed by atoms with van der Waals surface area (Å²) >= 11 is 0. The number of amides is 1. The fourth-order valence-electron chi connectivity index (χ4n) is 2.99. The number of rotatable bonds is 6. The molecule has 1 aromatic heterocycles. The Kier molecular flexibility index (Phi) is 6.52. The lowest BCUT2D eigenvalue weighted by molar-refractivity contribution is -0.111. The van der Waals surface area contributed by atoms with E-state index in [1.165, 1.54) is 6.08 Å². The number of anilines is 1. The first-order valence-electron chi connectivity index (χ1n) is 9.73. The van der Waals surface area contributed by atoms with E-state index in [9.17, 15) is 4.79 Å². The van der Waals surface area contributed by atoms with Gasteiger partial charge in [0.1, 0.15) is 17.2 Å². The minimum Gasteiger partial charge on any atom is -0.496 e. The Morgan fingerprint density at radius 2 is 1.67 bits per heavy atom. The predicted molar refractivity (Wildman–Crippen MR) is 120 cm³/mol. The van der Waals surface area contributed by atoms with Gasteiger partial charge in [0.2, 0.25) is 11.8 Å². The molecule has 154 valence electrons. The summed E-state index contributed by atoms with van der Waals surface area (Å²) in [6, 6.07) is 18.8. The third kappa shape index (κ3) is 5.26. The summed E-state index contributed by atoms with van der Waals surface area (Å²) in [6.45, 7) is 6.37. The van der Waals surface area contributed by atoms with Gasteiger partial charge in [0.15, 0.2) is 0 Å². The number of benzene rings is 2. The van der Waals surface area contributed by atoms with E-state index in [1.54, 1.807) is 31.5 Å². The first-order chi connectivity index (χ1) is 14.4. The Bertz CT molecular complexity index is 1050. The molecule has 0 atom stereocenters. The maximum atomic E-state index is 12.5. The molecule has 0 aliphatic carbocycles. The fraction of sp³-hybridized carbons (Fsp3) is 0.200. The smallest absolute Gasteiger partial charge is 0.248 e. The van der Waals surface area contributed by atoms with Crippen LogP contribution in [-0.4, -0.2) is 18.0 Å². The van der Waals surface area contributed by atoms with E-state index in [1.807, 2.05) is 48.5 Å². The number of carbonyl (C=O) groups excluding carboxylic acids is 1. The molecule has 5 nitrogen and oxygen atoms in total. The summed E-state index contributed by atoms with van der Waals surface area (Å²) in [6.07, 6.45) is 4.80. The van der Waals surface area contributed by atoms with E-state index in [0.717, 1.165) is 11.1 Å². The van der Waals surface area contributed by atoms with Crippen molar-refractivity contribution in [2.45, 2.75) is 26.2 Å². The van der Waals surface area contributed by atoms with Crippen LogP contribution >= 0.6 is 0 Å². The molecule has 1 N–H and O–H groups in total. The lowest BCUT2D eigenvalue weighted by Gasteiger charge is -2.22. The second-order valence-electron chi connectivity index (χ2n) is 7.77. The van der Waals surface area contributed by atoms with Gasteiger partial charge in [-0.3, -0.25) is 4.79 Å². The maximum Gasteiger partial charge on any atom is 0.248 e. The molecule has 0 saturated carbocycles. The highest BCUT2D eigenvalue weighted by Crippen LogP contribution is 2.35. The van der Waals surface area contributed by atoms with Crippen molar-refractivity contribution in [1.29, 1.82) is 0 Å². The molecule has 1 heterocycles. The molecule has 5 heteroatoms. The van der Waals surface area contributed by atoms with Gasteiger partial charge in [-0.2, -0.15) is 0 Å². The van der Waals surface area contributed by atoms with Crippen molar-refractivity contribution in [3.05, 3.63) is 84.1 Å². The number of carbonyl (C=O) groups is 1. The molecule has 2 aromatic carbocycles. The van der Waals surface area contributed by atoms with Gasteiger partial charge in [0.05, 0.1) is 7.11 Å². The van der Waals surface area contributed by atoms with Crippen molar-refractivity contribution in [3.8, 4) is 17.4 Å². The highest BCUT2D eigenvalue weighted by atomic mass is 16.5. The molecular weight excluding hydrogens is 376 g/mol. The van der Waals surface area contributed by atoms with Crippen LogP contribution in [0.2, 0.25) is 0 Å². The molecule has 30 heavy (non-hydrogen) atoms. The van der Waals surface area contributed by atoms with Gasteiger partial charge in [0.25, 0.3) is 0 Å². The molecule has 0 saturated heterocycles. The van der Waals surface area contributed by atoms with E-state index in [4.69, 9.17) is 9.47 Å². The zero-order valence-electron chi connectivity index (χ0n) is 17.7. The van der Waals surface area contributed by atoms with E-state index < -0.39 is 0 Å². The topological polar surface area (TPSA) is 60.5 Å². The molecule has 3 rings (SSSR count). The molecule has 3 aromatic rings. The lowest BCUT2D eigenvalue weighted by Crippen LogP contribution is -2.13. The quantitative estimate of drug-likeness (QED) is 0.527. The SMILES string of the molecule is COc1ccccc1/C=C\C(=O)Nc1cccnc1Oc1ccccc1C(C)(C)C. The van der Waals surface area contributed by atoms with E-state index in [0.29, 0.717) is 23.1 Å². The number of pyridine rings is 1. The standard InChI is InChI=1S/C25H26N2O3/c1-25(2,3)19-11-6-8-14-22(19)30-24-20(12-9-17-26-24)27-23(28)16-15-18-10-5-7-13-21(18)29-4/h5-17H,1-4H3,(H,27,28)/b16-15-. The average Bonchev–Trinajstić information content (AvgIpc) is 2.73. The highest BCUT2D eigenvalue weighted by molar-refractivity contribution is 6.02. The largest absolute Gasteiger partial charge is 0.496 e. The Morgan fingerprint density at radius 3 is 2.40 bits per heavy atom. The van der Waals surface area contributed by atoms with E-state index in [-0.39, 0.29) is 11.3 Å². The highest BCUT2D eigenvalue weighted by Gasteiger charge is 2.20. The van der Waals surface area contributed by atoms with Crippen LogP contribution < -0.4 is 14.8 Å². The minimum absolute atomic E-state index is 0.0910. The second-order valence-corrected chi connectivity index (χ2v) is 7.77. The van der Waals surface area contributed by atoms with Gasteiger partial charge >= 0.3 is 0 Å². The number of nitrogens with zero attached hydrogens (tertiary/aromatic N) is 1. The van der Waals surface area contributed by atoms with Crippen LogP contribution in [0.5, 0.6) is 17.4 Å². The Labute approximate surface area is 177 Å². The van der Waals surface area contributed by atoms with Crippen LogP contribution in [0.4, 0.5) is 5.69 Å². The fourth-order valence-corrected chi connectivity index (χ4v) is 2.99. The molecule has 0 radical (unpaired) electrons. The van der Waals surface area contributed by atoms with Crippen LogP contribution in [0, 0.1) is 0 Å². The summed E-state index contributed by atoms with van der Waals surface area (Å²) in [7, 11) is 1.60. The number of aromatic nitrogens is 1. The molecular formula is C25H26N2O3. The summed E-state index contributed by atoms with van der Waals surface area (Å²) in [5.74, 6) is 1.46. The van der Waals surface area contributed by atoms with Gasteiger partial charge in [-0.25, -0.2) is 4.98 Å². The van der Waals surface area contributed by atoms with Crippen LogP contribution in [0.3, 0.4) is 0 Å². The Morgan fingerprint density at radius 1 is 0.967 bits per heavy atom. The molecule has 0 aliphatic heterocycles. The van der Waals surface area contributed by atoms with Crippen molar-refractivity contribution in [3.63, 3.8) is 0 Å². The van der Waals surface area contributed by atoms with Gasteiger partial charge in [-0.1, -0.05) is 57.2 Å².